The minimum Gasteiger partial charge on any atom is -0.463 e. The van der Waals surface area contributed by atoms with E-state index in [4.69, 9.17) is 4.74 Å². The predicted octanol–water partition coefficient (Wildman–Crippen LogP) is 1.60. The number of carbonyl (C=O) groups is 2. The number of likely N-dealkylation sites (N-methyl/N-ethyl adjacent to an activating group) is 1. The molecule has 0 aromatic heterocycles. The lowest BCUT2D eigenvalue weighted by atomic mass is 10.0. The summed E-state index contributed by atoms with van der Waals surface area (Å²) in [6, 6.07) is -0.137. The lowest BCUT2D eigenvalue weighted by Gasteiger charge is -2.24. The summed E-state index contributed by atoms with van der Waals surface area (Å²) in [7, 11) is 3.96. The molecule has 0 spiro atoms. The van der Waals surface area contributed by atoms with Crippen molar-refractivity contribution in [2.24, 2.45) is 5.92 Å². The van der Waals surface area contributed by atoms with E-state index in [1.807, 2.05) is 19.0 Å². The molecule has 0 rings (SSSR count). The minimum atomic E-state index is -0.294. The van der Waals surface area contributed by atoms with Crippen LogP contribution in [0.4, 0.5) is 4.79 Å². The summed E-state index contributed by atoms with van der Waals surface area (Å²) in [5.41, 5.74) is 0. The topological polar surface area (TPSA) is 70.7 Å². The zero-order chi connectivity index (χ0) is 16.4. The van der Waals surface area contributed by atoms with Gasteiger partial charge in [-0.3, -0.25) is 4.79 Å². The van der Waals surface area contributed by atoms with Gasteiger partial charge in [0.1, 0.15) is 0 Å². The van der Waals surface area contributed by atoms with Crippen LogP contribution in [-0.2, 0) is 9.53 Å². The number of carbonyl (C=O) groups excluding carboxylic acids is 2. The van der Waals surface area contributed by atoms with Crippen LogP contribution in [0.1, 0.15) is 40.5 Å². The first-order valence-electron chi connectivity index (χ1n) is 7.59. The standard InChI is InChI=1S/C15H31N3O3/c1-11(2)9-13(10-18(5)6)17-15(20)16-8-7-14(19)21-12(3)4/h11-13H,7-10H2,1-6H3,(H2,16,17,20). The van der Waals surface area contributed by atoms with Crippen molar-refractivity contribution in [1.29, 1.82) is 0 Å². The second-order valence-electron chi connectivity index (χ2n) is 6.28. The molecular formula is C15H31N3O3. The molecule has 1 atom stereocenters. The van der Waals surface area contributed by atoms with Gasteiger partial charge in [-0.05, 0) is 40.3 Å². The van der Waals surface area contributed by atoms with Crippen molar-refractivity contribution in [2.75, 3.05) is 27.2 Å². The molecule has 0 saturated heterocycles. The van der Waals surface area contributed by atoms with E-state index in [1.165, 1.54) is 0 Å². The summed E-state index contributed by atoms with van der Waals surface area (Å²) in [6.45, 7) is 8.94. The van der Waals surface area contributed by atoms with Gasteiger partial charge in [0.25, 0.3) is 0 Å². The lowest BCUT2D eigenvalue weighted by molar-refractivity contribution is -0.147. The number of ether oxygens (including phenoxy) is 1. The van der Waals surface area contributed by atoms with Crippen molar-refractivity contribution in [1.82, 2.24) is 15.5 Å². The molecule has 6 nitrogen and oxygen atoms in total. The summed E-state index contributed by atoms with van der Waals surface area (Å²) in [6.07, 6.45) is 0.983. The first-order chi connectivity index (χ1) is 9.70. The highest BCUT2D eigenvalue weighted by Gasteiger charge is 2.15. The maximum Gasteiger partial charge on any atom is 0.315 e. The molecule has 124 valence electrons. The quantitative estimate of drug-likeness (QED) is 0.635. The molecule has 2 N–H and O–H groups in total. The summed E-state index contributed by atoms with van der Waals surface area (Å²) in [4.78, 5) is 25.2. The third-order valence-electron chi connectivity index (χ3n) is 2.66. The SMILES string of the molecule is CC(C)CC(CN(C)C)NC(=O)NCCC(=O)OC(C)C. The molecule has 0 aromatic rings. The van der Waals surface area contributed by atoms with Gasteiger partial charge in [0.05, 0.1) is 12.5 Å². The Bertz CT molecular complexity index is 307. The molecule has 0 radical (unpaired) electrons. The van der Waals surface area contributed by atoms with Crippen LogP contribution in [0.3, 0.4) is 0 Å². The number of nitrogens with zero attached hydrogens (tertiary/aromatic N) is 1. The third kappa shape index (κ3) is 12.2. The molecule has 0 aliphatic rings. The Morgan fingerprint density at radius 2 is 1.76 bits per heavy atom. The Balaban J connectivity index is 4.05. The number of urea groups is 1. The average Bonchev–Trinajstić information content (AvgIpc) is 2.25. The van der Waals surface area contributed by atoms with E-state index in [0.717, 1.165) is 13.0 Å². The Morgan fingerprint density at radius 1 is 1.14 bits per heavy atom. The average molecular weight is 301 g/mol. The van der Waals surface area contributed by atoms with Crippen LogP contribution in [-0.4, -0.2) is 56.2 Å². The molecule has 0 saturated carbocycles. The smallest absolute Gasteiger partial charge is 0.315 e. The van der Waals surface area contributed by atoms with Crippen molar-refractivity contribution in [3.63, 3.8) is 0 Å². The molecule has 21 heavy (non-hydrogen) atoms. The van der Waals surface area contributed by atoms with Crippen molar-refractivity contribution >= 4 is 12.0 Å². The third-order valence-corrected chi connectivity index (χ3v) is 2.66. The van der Waals surface area contributed by atoms with Crippen molar-refractivity contribution in [3.8, 4) is 0 Å². The fraction of sp³-hybridized carbons (Fsp3) is 0.867. The molecule has 0 aromatic carbocycles. The highest BCUT2D eigenvalue weighted by molar-refractivity contribution is 5.75. The van der Waals surface area contributed by atoms with Crippen LogP contribution in [0.25, 0.3) is 0 Å². The maximum atomic E-state index is 11.8. The normalized spacial score (nSPS) is 12.6. The molecular weight excluding hydrogens is 270 g/mol. The minimum absolute atomic E-state index is 0.0996. The Hall–Kier alpha value is -1.30. The van der Waals surface area contributed by atoms with Gasteiger partial charge in [0, 0.05) is 19.1 Å². The van der Waals surface area contributed by atoms with Crippen LogP contribution < -0.4 is 10.6 Å². The molecule has 0 heterocycles. The molecule has 6 heteroatoms. The van der Waals surface area contributed by atoms with Gasteiger partial charge in [-0.15, -0.1) is 0 Å². The highest BCUT2D eigenvalue weighted by Crippen LogP contribution is 2.05. The van der Waals surface area contributed by atoms with Crippen LogP contribution in [0.15, 0.2) is 0 Å². The number of esters is 1. The van der Waals surface area contributed by atoms with Gasteiger partial charge in [-0.25, -0.2) is 4.79 Å². The number of amides is 2. The van der Waals surface area contributed by atoms with Gasteiger partial charge < -0.3 is 20.3 Å². The van der Waals surface area contributed by atoms with E-state index >= 15 is 0 Å². The number of rotatable bonds is 9. The van der Waals surface area contributed by atoms with Crippen molar-refractivity contribution in [3.05, 3.63) is 0 Å². The van der Waals surface area contributed by atoms with Crippen LogP contribution >= 0.6 is 0 Å². The summed E-state index contributed by atoms with van der Waals surface area (Å²) >= 11 is 0. The second-order valence-corrected chi connectivity index (χ2v) is 6.28. The van der Waals surface area contributed by atoms with Gasteiger partial charge >= 0.3 is 12.0 Å². The monoisotopic (exact) mass is 301 g/mol. The van der Waals surface area contributed by atoms with E-state index in [2.05, 4.69) is 24.5 Å². The first kappa shape index (κ1) is 19.7. The van der Waals surface area contributed by atoms with Crippen LogP contribution in [0.2, 0.25) is 0 Å². The van der Waals surface area contributed by atoms with E-state index in [-0.39, 0.29) is 37.1 Å². The van der Waals surface area contributed by atoms with Gasteiger partial charge in [-0.2, -0.15) is 0 Å². The fourth-order valence-corrected chi connectivity index (χ4v) is 2.03. The number of hydrogen-bond acceptors (Lipinski definition) is 4. The van der Waals surface area contributed by atoms with E-state index in [1.54, 1.807) is 13.8 Å². The summed E-state index contributed by atoms with van der Waals surface area (Å²) in [5.74, 6) is 0.216. The zero-order valence-corrected chi connectivity index (χ0v) is 14.2. The molecule has 0 fully saturated rings. The van der Waals surface area contributed by atoms with E-state index in [0.29, 0.717) is 5.92 Å². The predicted molar refractivity (Wildman–Crippen MR) is 84.2 cm³/mol. The summed E-state index contributed by atoms with van der Waals surface area (Å²) in [5, 5.41) is 5.64. The van der Waals surface area contributed by atoms with Crippen molar-refractivity contribution in [2.45, 2.75) is 52.7 Å². The Kier molecular flexibility index (Phi) is 9.78. The molecule has 0 aliphatic carbocycles. The zero-order valence-electron chi connectivity index (χ0n) is 14.2. The number of hydrogen-bond donors (Lipinski definition) is 2. The Morgan fingerprint density at radius 3 is 2.24 bits per heavy atom. The van der Waals surface area contributed by atoms with Gasteiger partial charge in [-0.1, -0.05) is 13.8 Å². The van der Waals surface area contributed by atoms with E-state index < -0.39 is 0 Å². The first-order valence-corrected chi connectivity index (χ1v) is 7.59. The number of nitrogens with one attached hydrogen (secondary N) is 2. The van der Waals surface area contributed by atoms with Gasteiger partial charge in [0.15, 0.2) is 0 Å². The molecule has 1 unspecified atom stereocenters. The van der Waals surface area contributed by atoms with Gasteiger partial charge in [0.2, 0.25) is 0 Å². The summed E-state index contributed by atoms with van der Waals surface area (Å²) < 4.78 is 5.00. The lowest BCUT2D eigenvalue weighted by Crippen LogP contribution is -2.47. The maximum absolute atomic E-state index is 11.8. The van der Waals surface area contributed by atoms with Crippen molar-refractivity contribution < 1.29 is 14.3 Å². The molecule has 0 bridgehead atoms. The fourth-order valence-electron chi connectivity index (χ4n) is 2.03. The van der Waals surface area contributed by atoms with E-state index in [9.17, 15) is 9.59 Å². The molecule has 0 aliphatic heterocycles. The Labute approximate surface area is 128 Å². The van der Waals surface area contributed by atoms with Crippen LogP contribution in [0.5, 0.6) is 0 Å². The highest BCUT2D eigenvalue weighted by atomic mass is 16.5. The second kappa shape index (κ2) is 10.4. The largest absolute Gasteiger partial charge is 0.463 e. The van der Waals surface area contributed by atoms with Crippen LogP contribution in [0, 0.1) is 5.92 Å². The molecule has 2 amide bonds.